The largest absolute Gasteiger partial charge is 0.381 e. The predicted octanol–water partition coefficient (Wildman–Crippen LogP) is 1.60. The lowest BCUT2D eigenvalue weighted by molar-refractivity contribution is -0.180. The molecule has 5 heteroatoms. The summed E-state index contributed by atoms with van der Waals surface area (Å²) in [6, 6.07) is 0.261. The third-order valence-corrected chi connectivity index (χ3v) is 3.75. The molecular formula is C14H25NO4. The molecule has 0 unspecified atom stereocenters. The van der Waals surface area contributed by atoms with Crippen LogP contribution in [0.4, 0.5) is 0 Å². The highest BCUT2D eigenvalue weighted by molar-refractivity contribution is 5.76. The maximum Gasteiger partial charge on any atom is 0.222 e. The standard InChI is InChI=1S/C14H25NO4/c1-2-8-17-9-5-13(16)15-12-3-6-14(7-4-12)18-10-11-19-14/h12H,2-11H2,1H3,(H,15,16). The first kappa shape index (κ1) is 14.8. The average Bonchev–Trinajstić information content (AvgIpc) is 2.86. The zero-order chi connectivity index (χ0) is 13.6. The van der Waals surface area contributed by atoms with Crippen molar-refractivity contribution in [2.45, 2.75) is 57.3 Å². The first-order valence-corrected chi connectivity index (χ1v) is 7.39. The van der Waals surface area contributed by atoms with Gasteiger partial charge in [0.2, 0.25) is 5.91 Å². The van der Waals surface area contributed by atoms with Crippen molar-refractivity contribution < 1.29 is 19.0 Å². The van der Waals surface area contributed by atoms with Crippen molar-refractivity contribution in [2.24, 2.45) is 0 Å². The number of nitrogens with one attached hydrogen (secondary N) is 1. The Morgan fingerprint density at radius 2 is 1.95 bits per heavy atom. The van der Waals surface area contributed by atoms with Crippen LogP contribution in [-0.4, -0.2) is 44.2 Å². The van der Waals surface area contributed by atoms with Crippen molar-refractivity contribution >= 4 is 5.91 Å². The molecule has 1 N–H and O–H groups in total. The second kappa shape index (κ2) is 7.22. The number of hydrogen-bond acceptors (Lipinski definition) is 4. The van der Waals surface area contributed by atoms with E-state index in [1.54, 1.807) is 0 Å². The number of ether oxygens (including phenoxy) is 3. The molecule has 110 valence electrons. The average molecular weight is 271 g/mol. The number of rotatable bonds is 6. The van der Waals surface area contributed by atoms with Crippen LogP contribution in [0.2, 0.25) is 0 Å². The van der Waals surface area contributed by atoms with Gasteiger partial charge in [0, 0.05) is 31.9 Å². The molecule has 1 amide bonds. The van der Waals surface area contributed by atoms with Gasteiger partial charge in [-0.3, -0.25) is 4.79 Å². The summed E-state index contributed by atoms with van der Waals surface area (Å²) in [5, 5.41) is 3.07. The first-order valence-electron chi connectivity index (χ1n) is 7.39. The van der Waals surface area contributed by atoms with Gasteiger partial charge in [0.25, 0.3) is 0 Å². The van der Waals surface area contributed by atoms with Gasteiger partial charge < -0.3 is 19.5 Å². The smallest absolute Gasteiger partial charge is 0.222 e. The van der Waals surface area contributed by atoms with Crippen molar-refractivity contribution in [2.75, 3.05) is 26.4 Å². The van der Waals surface area contributed by atoms with Gasteiger partial charge in [0.15, 0.2) is 5.79 Å². The minimum absolute atomic E-state index is 0.0883. The van der Waals surface area contributed by atoms with E-state index >= 15 is 0 Å². The third kappa shape index (κ3) is 4.44. The zero-order valence-electron chi connectivity index (χ0n) is 11.8. The van der Waals surface area contributed by atoms with Gasteiger partial charge in [0.05, 0.1) is 19.8 Å². The van der Waals surface area contributed by atoms with Crippen LogP contribution >= 0.6 is 0 Å². The Morgan fingerprint density at radius 3 is 2.58 bits per heavy atom. The number of carbonyl (C=O) groups excluding carboxylic acids is 1. The molecule has 1 saturated carbocycles. The molecule has 1 aliphatic heterocycles. The van der Waals surface area contributed by atoms with E-state index in [2.05, 4.69) is 12.2 Å². The molecule has 1 heterocycles. The second-order valence-corrected chi connectivity index (χ2v) is 5.31. The van der Waals surface area contributed by atoms with Crippen LogP contribution in [0.15, 0.2) is 0 Å². The lowest BCUT2D eigenvalue weighted by Gasteiger charge is -2.35. The van der Waals surface area contributed by atoms with Crippen molar-refractivity contribution in [1.82, 2.24) is 5.32 Å². The van der Waals surface area contributed by atoms with Gasteiger partial charge in [-0.1, -0.05) is 6.92 Å². The fourth-order valence-corrected chi connectivity index (χ4v) is 2.70. The third-order valence-electron chi connectivity index (χ3n) is 3.75. The SMILES string of the molecule is CCCOCCC(=O)NC1CCC2(CC1)OCCO2. The Balaban J connectivity index is 1.61. The fourth-order valence-electron chi connectivity index (χ4n) is 2.70. The second-order valence-electron chi connectivity index (χ2n) is 5.31. The molecule has 1 aliphatic carbocycles. The molecule has 0 aromatic carbocycles. The summed E-state index contributed by atoms with van der Waals surface area (Å²) in [4.78, 5) is 11.7. The molecule has 5 nitrogen and oxygen atoms in total. The lowest BCUT2D eigenvalue weighted by atomic mass is 9.90. The minimum Gasteiger partial charge on any atom is -0.381 e. The molecule has 2 fully saturated rings. The maximum atomic E-state index is 11.7. The molecule has 0 aromatic rings. The molecule has 2 aliphatic rings. The number of carbonyl (C=O) groups is 1. The van der Waals surface area contributed by atoms with Gasteiger partial charge in [-0.15, -0.1) is 0 Å². The van der Waals surface area contributed by atoms with Crippen LogP contribution in [0.1, 0.15) is 45.4 Å². The summed E-state index contributed by atoms with van der Waals surface area (Å²) >= 11 is 0. The Hall–Kier alpha value is -0.650. The van der Waals surface area contributed by atoms with Crippen molar-refractivity contribution in [3.8, 4) is 0 Å². The lowest BCUT2D eigenvalue weighted by Crippen LogP contribution is -2.44. The maximum absolute atomic E-state index is 11.7. The van der Waals surface area contributed by atoms with Crippen LogP contribution in [0, 0.1) is 0 Å². The van der Waals surface area contributed by atoms with E-state index in [4.69, 9.17) is 14.2 Å². The Bertz CT molecular complexity index is 279. The number of hydrogen-bond donors (Lipinski definition) is 1. The molecule has 2 rings (SSSR count). The van der Waals surface area contributed by atoms with Crippen LogP contribution in [-0.2, 0) is 19.0 Å². The van der Waals surface area contributed by atoms with Crippen LogP contribution in [0.5, 0.6) is 0 Å². The highest BCUT2D eigenvalue weighted by atomic mass is 16.7. The normalized spacial score (nSPS) is 22.8. The predicted molar refractivity (Wildman–Crippen MR) is 70.8 cm³/mol. The molecular weight excluding hydrogens is 246 g/mol. The van der Waals surface area contributed by atoms with E-state index in [0.717, 1.165) is 38.7 Å². The van der Waals surface area contributed by atoms with E-state index in [1.807, 2.05) is 0 Å². The van der Waals surface area contributed by atoms with Gasteiger partial charge in [0.1, 0.15) is 0 Å². The van der Waals surface area contributed by atoms with Gasteiger partial charge in [-0.05, 0) is 19.3 Å². The van der Waals surface area contributed by atoms with Gasteiger partial charge >= 0.3 is 0 Å². The summed E-state index contributed by atoms with van der Waals surface area (Å²) in [6.07, 6.45) is 5.07. The summed E-state index contributed by atoms with van der Waals surface area (Å²) in [7, 11) is 0. The zero-order valence-corrected chi connectivity index (χ0v) is 11.8. The monoisotopic (exact) mass is 271 g/mol. The molecule has 19 heavy (non-hydrogen) atoms. The molecule has 0 aromatic heterocycles. The van der Waals surface area contributed by atoms with Gasteiger partial charge in [-0.2, -0.15) is 0 Å². The highest BCUT2D eigenvalue weighted by Gasteiger charge is 2.40. The topological polar surface area (TPSA) is 56.8 Å². The Kier molecular flexibility index (Phi) is 5.60. The van der Waals surface area contributed by atoms with Gasteiger partial charge in [-0.25, -0.2) is 0 Å². The summed E-state index contributed by atoms with van der Waals surface area (Å²) in [5.41, 5.74) is 0. The molecule has 0 radical (unpaired) electrons. The highest BCUT2D eigenvalue weighted by Crippen LogP contribution is 2.35. The van der Waals surface area contributed by atoms with Crippen molar-refractivity contribution in [1.29, 1.82) is 0 Å². The molecule has 1 saturated heterocycles. The Labute approximate surface area is 115 Å². The van der Waals surface area contributed by atoms with E-state index in [0.29, 0.717) is 26.2 Å². The minimum atomic E-state index is -0.342. The van der Waals surface area contributed by atoms with Crippen LogP contribution in [0.25, 0.3) is 0 Å². The van der Waals surface area contributed by atoms with E-state index in [-0.39, 0.29) is 17.7 Å². The van der Waals surface area contributed by atoms with Crippen molar-refractivity contribution in [3.05, 3.63) is 0 Å². The fraction of sp³-hybridized carbons (Fsp3) is 0.929. The quantitative estimate of drug-likeness (QED) is 0.746. The van der Waals surface area contributed by atoms with Crippen molar-refractivity contribution in [3.63, 3.8) is 0 Å². The van der Waals surface area contributed by atoms with E-state index < -0.39 is 0 Å². The van der Waals surface area contributed by atoms with Crippen LogP contribution in [0.3, 0.4) is 0 Å². The Morgan fingerprint density at radius 1 is 1.26 bits per heavy atom. The van der Waals surface area contributed by atoms with Crippen LogP contribution < -0.4 is 5.32 Å². The summed E-state index contributed by atoms with van der Waals surface area (Å²) in [6.45, 7) is 4.71. The molecule has 0 bridgehead atoms. The summed E-state index contributed by atoms with van der Waals surface area (Å²) < 4.78 is 16.7. The molecule has 0 atom stereocenters. The first-order chi connectivity index (χ1) is 9.24. The summed E-state index contributed by atoms with van der Waals surface area (Å²) in [5.74, 6) is -0.254. The van der Waals surface area contributed by atoms with E-state index in [9.17, 15) is 4.79 Å². The molecule has 1 spiro atoms. The number of amides is 1. The van der Waals surface area contributed by atoms with E-state index in [1.165, 1.54) is 0 Å².